The summed E-state index contributed by atoms with van der Waals surface area (Å²) in [6.45, 7) is 0. The lowest BCUT2D eigenvalue weighted by Gasteiger charge is -2.28. The summed E-state index contributed by atoms with van der Waals surface area (Å²) in [7, 11) is 0. The Labute approximate surface area is 128 Å². The second-order valence-electron chi connectivity index (χ2n) is 5.16. The van der Waals surface area contributed by atoms with Crippen molar-refractivity contribution in [2.45, 2.75) is 44.3 Å². The van der Waals surface area contributed by atoms with E-state index in [1.807, 2.05) is 0 Å². The third-order valence-corrected chi connectivity index (χ3v) is 4.17. The lowest BCUT2D eigenvalue weighted by molar-refractivity contribution is -0.137. The van der Waals surface area contributed by atoms with Crippen LogP contribution in [0.4, 0.5) is 13.2 Å². The van der Waals surface area contributed by atoms with Gasteiger partial charge in [-0.2, -0.15) is 13.2 Å². The minimum Gasteiger partial charge on any atom is -0.324 e. The molecule has 2 rings (SSSR count). The summed E-state index contributed by atoms with van der Waals surface area (Å²) >= 11 is 5.61. The SMILES string of the molecule is Cl.N[C@@H](c1ccc(Cl)c(C(F)(F)F)c1)C1CCCCC1. The zero-order valence-corrected chi connectivity index (χ0v) is 12.5. The summed E-state index contributed by atoms with van der Waals surface area (Å²) in [5, 5.41) is -0.271. The molecule has 1 nitrogen and oxygen atoms in total. The molecule has 0 bridgehead atoms. The average Bonchev–Trinajstić information content (AvgIpc) is 2.38. The van der Waals surface area contributed by atoms with Crippen LogP contribution >= 0.6 is 24.0 Å². The van der Waals surface area contributed by atoms with Crippen molar-refractivity contribution in [1.82, 2.24) is 0 Å². The molecule has 1 atom stereocenters. The Bertz CT molecular complexity index is 443. The van der Waals surface area contributed by atoms with Crippen LogP contribution in [-0.2, 0) is 6.18 Å². The van der Waals surface area contributed by atoms with Crippen LogP contribution in [0.1, 0.15) is 49.3 Å². The van der Waals surface area contributed by atoms with Crippen molar-refractivity contribution in [3.8, 4) is 0 Å². The van der Waals surface area contributed by atoms with Crippen molar-refractivity contribution in [1.29, 1.82) is 0 Å². The lowest BCUT2D eigenvalue weighted by atomic mass is 9.81. The molecular weight excluding hydrogens is 310 g/mol. The maximum absolute atomic E-state index is 12.8. The first-order valence-electron chi connectivity index (χ1n) is 6.52. The molecule has 0 saturated heterocycles. The highest BCUT2D eigenvalue weighted by Gasteiger charge is 2.34. The number of hydrogen-bond donors (Lipinski definition) is 1. The predicted octanol–water partition coefficient (Wildman–Crippen LogP) is 5.36. The zero-order valence-electron chi connectivity index (χ0n) is 10.9. The number of rotatable bonds is 2. The van der Waals surface area contributed by atoms with Gasteiger partial charge in [0.25, 0.3) is 0 Å². The van der Waals surface area contributed by atoms with E-state index >= 15 is 0 Å². The van der Waals surface area contributed by atoms with E-state index in [1.165, 1.54) is 12.5 Å². The van der Waals surface area contributed by atoms with E-state index in [2.05, 4.69) is 0 Å². The van der Waals surface area contributed by atoms with E-state index in [0.717, 1.165) is 31.7 Å². The van der Waals surface area contributed by atoms with Crippen molar-refractivity contribution in [2.24, 2.45) is 11.7 Å². The first kappa shape index (κ1) is 17.6. The topological polar surface area (TPSA) is 26.0 Å². The average molecular weight is 328 g/mol. The van der Waals surface area contributed by atoms with Gasteiger partial charge in [-0.25, -0.2) is 0 Å². The third-order valence-electron chi connectivity index (χ3n) is 3.84. The molecule has 1 aromatic carbocycles. The van der Waals surface area contributed by atoms with Gasteiger partial charge in [0.1, 0.15) is 0 Å². The Balaban J connectivity index is 0.00000200. The number of benzene rings is 1. The van der Waals surface area contributed by atoms with Crippen molar-refractivity contribution in [2.75, 3.05) is 0 Å². The summed E-state index contributed by atoms with van der Waals surface area (Å²) in [6.07, 6.45) is 0.962. The highest BCUT2D eigenvalue weighted by atomic mass is 35.5. The molecule has 6 heteroatoms. The number of hydrogen-bond acceptors (Lipinski definition) is 1. The Kier molecular flexibility index (Phi) is 6.17. The van der Waals surface area contributed by atoms with Gasteiger partial charge in [0.2, 0.25) is 0 Å². The summed E-state index contributed by atoms with van der Waals surface area (Å²) < 4.78 is 38.4. The molecule has 1 aromatic rings. The summed E-state index contributed by atoms with van der Waals surface area (Å²) in [6, 6.07) is 3.67. The van der Waals surface area contributed by atoms with E-state index in [0.29, 0.717) is 5.56 Å². The summed E-state index contributed by atoms with van der Waals surface area (Å²) in [4.78, 5) is 0. The molecular formula is C14H18Cl2F3N. The van der Waals surface area contributed by atoms with Crippen molar-refractivity contribution >= 4 is 24.0 Å². The van der Waals surface area contributed by atoms with Crippen LogP contribution in [0.15, 0.2) is 18.2 Å². The largest absolute Gasteiger partial charge is 0.417 e. The quantitative estimate of drug-likeness (QED) is 0.777. The van der Waals surface area contributed by atoms with Gasteiger partial charge in [-0.05, 0) is 36.5 Å². The maximum atomic E-state index is 12.8. The van der Waals surface area contributed by atoms with Crippen LogP contribution in [0.5, 0.6) is 0 Å². The fourth-order valence-corrected chi connectivity index (χ4v) is 2.96. The maximum Gasteiger partial charge on any atom is 0.417 e. The summed E-state index contributed by atoms with van der Waals surface area (Å²) in [5.41, 5.74) is 5.86. The zero-order chi connectivity index (χ0) is 14.0. The van der Waals surface area contributed by atoms with Gasteiger partial charge in [-0.3, -0.25) is 0 Å². The number of halogens is 5. The van der Waals surface area contributed by atoms with Crippen LogP contribution in [0, 0.1) is 5.92 Å². The first-order chi connectivity index (χ1) is 8.89. The van der Waals surface area contributed by atoms with E-state index < -0.39 is 11.7 Å². The van der Waals surface area contributed by atoms with Crippen molar-refractivity contribution in [3.05, 3.63) is 34.3 Å². The molecule has 20 heavy (non-hydrogen) atoms. The lowest BCUT2D eigenvalue weighted by Crippen LogP contribution is -2.24. The highest BCUT2D eigenvalue weighted by molar-refractivity contribution is 6.31. The number of alkyl halides is 3. The molecule has 0 radical (unpaired) electrons. The molecule has 0 unspecified atom stereocenters. The minimum absolute atomic E-state index is 0. The smallest absolute Gasteiger partial charge is 0.324 e. The monoisotopic (exact) mass is 327 g/mol. The van der Waals surface area contributed by atoms with Crippen LogP contribution in [0.2, 0.25) is 5.02 Å². The van der Waals surface area contributed by atoms with Crippen molar-refractivity contribution in [3.63, 3.8) is 0 Å². The minimum atomic E-state index is -4.43. The normalized spacial score (nSPS) is 18.4. The predicted molar refractivity (Wildman–Crippen MR) is 77.2 cm³/mol. The molecule has 1 aliphatic carbocycles. The number of nitrogens with two attached hydrogens (primary N) is 1. The third kappa shape index (κ3) is 4.03. The Morgan fingerprint density at radius 2 is 1.75 bits per heavy atom. The van der Waals surface area contributed by atoms with Gasteiger partial charge in [-0.15, -0.1) is 12.4 Å². The van der Waals surface area contributed by atoms with Gasteiger partial charge in [0, 0.05) is 6.04 Å². The Hall–Kier alpha value is -0.450. The molecule has 114 valence electrons. The van der Waals surface area contributed by atoms with Gasteiger partial charge < -0.3 is 5.73 Å². The molecule has 1 aliphatic rings. The molecule has 0 spiro atoms. The molecule has 0 aliphatic heterocycles. The van der Waals surface area contributed by atoms with Crippen molar-refractivity contribution < 1.29 is 13.2 Å². The van der Waals surface area contributed by atoms with E-state index in [9.17, 15) is 13.2 Å². The molecule has 1 saturated carbocycles. The summed E-state index contributed by atoms with van der Waals surface area (Å²) in [5.74, 6) is 0.274. The molecule has 1 fully saturated rings. The van der Waals surface area contributed by atoms with E-state index in [-0.39, 0.29) is 29.4 Å². The molecule has 0 amide bonds. The van der Waals surface area contributed by atoms with Crippen LogP contribution < -0.4 is 5.73 Å². The molecule has 0 heterocycles. The highest BCUT2D eigenvalue weighted by Crippen LogP contribution is 2.38. The van der Waals surface area contributed by atoms with Crippen LogP contribution in [0.25, 0.3) is 0 Å². The fourth-order valence-electron chi connectivity index (χ4n) is 2.73. The fraction of sp³-hybridized carbons (Fsp3) is 0.571. The van der Waals surface area contributed by atoms with E-state index in [4.69, 9.17) is 17.3 Å². The van der Waals surface area contributed by atoms with Crippen LogP contribution in [-0.4, -0.2) is 0 Å². The van der Waals surface area contributed by atoms with Gasteiger partial charge in [0.05, 0.1) is 10.6 Å². The van der Waals surface area contributed by atoms with E-state index in [1.54, 1.807) is 6.07 Å². The van der Waals surface area contributed by atoms with Gasteiger partial charge >= 0.3 is 6.18 Å². The second-order valence-corrected chi connectivity index (χ2v) is 5.57. The molecule has 0 aromatic heterocycles. The van der Waals surface area contributed by atoms with Crippen LogP contribution in [0.3, 0.4) is 0 Å². The Morgan fingerprint density at radius 1 is 1.15 bits per heavy atom. The van der Waals surface area contributed by atoms with Gasteiger partial charge in [-0.1, -0.05) is 36.9 Å². The molecule has 2 N–H and O–H groups in total. The Morgan fingerprint density at radius 3 is 2.30 bits per heavy atom. The first-order valence-corrected chi connectivity index (χ1v) is 6.89. The van der Waals surface area contributed by atoms with Gasteiger partial charge in [0.15, 0.2) is 0 Å². The second kappa shape index (κ2) is 7.01. The standard InChI is InChI=1S/C14H17ClF3N.ClH/c15-12-7-6-10(8-11(12)14(16,17)18)13(19)9-4-2-1-3-5-9;/h6-9,13H,1-5,19H2;1H/t13-;/m1./s1.